The van der Waals surface area contributed by atoms with Gasteiger partial charge in [-0.15, -0.1) is 5.10 Å². The summed E-state index contributed by atoms with van der Waals surface area (Å²) in [6.07, 6.45) is 2.76. The number of carbonyl (C=O) groups is 2. The van der Waals surface area contributed by atoms with E-state index >= 15 is 0 Å². The second-order valence-electron chi connectivity index (χ2n) is 5.01. The number of nitrogens with zero attached hydrogens (tertiary/aromatic N) is 2. The number of nitrogens with one attached hydrogen (secondary N) is 2. The molecular formula is C16H18N4O4S. The van der Waals surface area contributed by atoms with Gasteiger partial charge in [0, 0.05) is 0 Å². The van der Waals surface area contributed by atoms with E-state index in [1.165, 1.54) is 0 Å². The standard InChI is InChI=1S/C16H18N4O4S/c1-2-3-8-24-15(23)11-6-4-5-7-12(11)18-14(22)10-25-16-19-13(21)9-17-20-16/h4-7,9H,2-3,8,10H2,1H3,(H,18,22)(H,19,20,21). The first-order chi connectivity index (χ1) is 12.1. The molecule has 9 heteroatoms. The van der Waals surface area contributed by atoms with Crippen LogP contribution >= 0.6 is 11.8 Å². The Morgan fingerprint density at radius 2 is 2.12 bits per heavy atom. The van der Waals surface area contributed by atoms with Gasteiger partial charge in [-0.3, -0.25) is 14.6 Å². The molecule has 0 atom stereocenters. The average Bonchev–Trinajstić information content (AvgIpc) is 2.61. The molecule has 0 spiro atoms. The lowest BCUT2D eigenvalue weighted by Gasteiger charge is -2.10. The molecule has 0 saturated heterocycles. The van der Waals surface area contributed by atoms with Gasteiger partial charge in [0.05, 0.1) is 23.6 Å². The fourth-order valence-corrected chi connectivity index (χ4v) is 2.46. The number of esters is 1. The van der Waals surface area contributed by atoms with Gasteiger partial charge in [-0.25, -0.2) is 4.79 Å². The second kappa shape index (κ2) is 9.58. The minimum Gasteiger partial charge on any atom is -0.462 e. The van der Waals surface area contributed by atoms with E-state index in [1.807, 2.05) is 6.92 Å². The van der Waals surface area contributed by atoms with Crippen molar-refractivity contribution in [3.05, 3.63) is 46.4 Å². The van der Waals surface area contributed by atoms with Crippen LogP contribution in [0.15, 0.2) is 40.4 Å². The van der Waals surface area contributed by atoms with Gasteiger partial charge in [0.1, 0.15) is 6.20 Å². The molecular weight excluding hydrogens is 344 g/mol. The van der Waals surface area contributed by atoms with Crippen molar-refractivity contribution in [2.45, 2.75) is 24.9 Å². The normalized spacial score (nSPS) is 10.3. The fraction of sp³-hybridized carbons (Fsp3) is 0.312. The fourth-order valence-electron chi connectivity index (χ4n) is 1.84. The predicted molar refractivity (Wildman–Crippen MR) is 93.6 cm³/mol. The second-order valence-corrected chi connectivity index (χ2v) is 5.97. The van der Waals surface area contributed by atoms with Crippen LogP contribution in [0.5, 0.6) is 0 Å². The van der Waals surface area contributed by atoms with E-state index in [9.17, 15) is 14.4 Å². The van der Waals surface area contributed by atoms with Gasteiger partial charge in [-0.1, -0.05) is 37.2 Å². The van der Waals surface area contributed by atoms with E-state index in [2.05, 4.69) is 20.5 Å². The molecule has 1 amide bonds. The van der Waals surface area contributed by atoms with E-state index in [4.69, 9.17) is 4.74 Å². The van der Waals surface area contributed by atoms with Crippen LogP contribution in [0.25, 0.3) is 0 Å². The van der Waals surface area contributed by atoms with Gasteiger partial charge in [-0.05, 0) is 18.6 Å². The number of aromatic amines is 1. The van der Waals surface area contributed by atoms with Crippen LogP contribution in [0.2, 0.25) is 0 Å². The number of ether oxygens (including phenoxy) is 1. The van der Waals surface area contributed by atoms with Crippen LogP contribution in [0.1, 0.15) is 30.1 Å². The van der Waals surface area contributed by atoms with Crippen LogP contribution in [-0.2, 0) is 9.53 Å². The Morgan fingerprint density at radius 1 is 1.32 bits per heavy atom. The summed E-state index contributed by atoms with van der Waals surface area (Å²) < 4.78 is 5.18. The Labute approximate surface area is 148 Å². The predicted octanol–water partition coefficient (Wildman–Crippen LogP) is 1.85. The Hall–Kier alpha value is -2.68. The number of hydrogen-bond donors (Lipinski definition) is 2. The van der Waals surface area contributed by atoms with Crippen molar-refractivity contribution in [2.24, 2.45) is 0 Å². The van der Waals surface area contributed by atoms with Gasteiger partial charge in [-0.2, -0.15) is 5.10 Å². The zero-order chi connectivity index (χ0) is 18.1. The number of aromatic nitrogens is 3. The molecule has 2 N–H and O–H groups in total. The summed E-state index contributed by atoms with van der Waals surface area (Å²) in [5, 5.41) is 10.1. The van der Waals surface area contributed by atoms with Crippen LogP contribution in [0.3, 0.4) is 0 Å². The molecule has 2 aromatic rings. The summed E-state index contributed by atoms with van der Waals surface area (Å²) in [5.74, 6) is -0.811. The molecule has 0 radical (unpaired) electrons. The van der Waals surface area contributed by atoms with E-state index in [-0.39, 0.29) is 16.8 Å². The first kappa shape index (κ1) is 18.7. The van der Waals surface area contributed by atoms with E-state index in [0.29, 0.717) is 17.9 Å². The number of anilines is 1. The molecule has 132 valence electrons. The summed E-state index contributed by atoms with van der Waals surface area (Å²) in [6, 6.07) is 6.64. The number of amides is 1. The molecule has 0 aliphatic carbocycles. The van der Waals surface area contributed by atoms with Crippen molar-refractivity contribution >= 4 is 29.3 Å². The smallest absolute Gasteiger partial charge is 0.340 e. The number of H-pyrrole nitrogens is 1. The Morgan fingerprint density at radius 3 is 2.88 bits per heavy atom. The van der Waals surface area contributed by atoms with Gasteiger partial charge >= 0.3 is 5.97 Å². The Bertz CT molecular complexity index is 793. The lowest BCUT2D eigenvalue weighted by atomic mass is 10.2. The number of benzene rings is 1. The zero-order valence-electron chi connectivity index (χ0n) is 13.7. The minimum atomic E-state index is -0.477. The number of hydrogen-bond acceptors (Lipinski definition) is 7. The first-order valence-electron chi connectivity index (χ1n) is 7.71. The maximum atomic E-state index is 12.1. The number of unbranched alkanes of at least 4 members (excludes halogenated alkanes) is 1. The number of para-hydroxylation sites is 1. The maximum absolute atomic E-state index is 12.1. The third kappa shape index (κ3) is 6.03. The summed E-state index contributed by atoms with van der Waals surface area (Å²) >= 11 is 1.04. The molecule has 0 saturated carbocycles. The number of carbonyl (C=O) groups excluding carboxylic acids is 2. The molecule has 0 bridgehead atoms. The topological polar surface area (TPSA) is 114 Å². The van der Waals surface area contributed by atoms with Crippen molar-refractivity contribution in [1.29, 1.82) is 0 Å². The minimum absolute atomic E-state index is 0.00779. The van der Waals surface area contributed by atoms with Crippen LogP contribution in [0, 0.1) is 0 Å². The van der Waals surface area contributed by atoms with Gasteiger partial charge in [0.2, 0.25) is 5.91 Å². The molecule has 1 aromatic heterocycles. The maximum Gasteiger partial charge on any atom is 0.340 e. The van der Waals surface area contributed by atoms with Gasteiger partial charge in [0.15, 0.2) is 5.16 Å². The van der Waals surface area contributed by atoms with Crippen LogP contribution < -0.4 is 10.9 Å². The summed E-state index contributed by atoms with van der Waals surface area (Å²) in [7, 11) is 0. The highest BCUT2D eigenvalue weighted by atomic mass is 32.2. The monoisotopic (exact) mass is 362 g/mol. The van der Waals surface area contributed by atoms with Crippen LogP contribution in [-0.4, -0.2) is 39.4 Å². The lowest BCUT2D eigenvalue weighted by molar-refractivity contribution is -0.113. The quantitative estimate of drug-likeness (QED) is 0.418. The van der Waals surface area contributed by atoms with Crippen LogP contribution in [0.4, 0.5) is 5.69 Å². The molecule has 8 nitrogen and oxygen atoms in total. The van der Waals surface area contributed by atoms with E-state index in [0.717, 1.165) is 30.8 Å². The zero-order valence-corrected chi connectivity index (χ0v) is 14.5. The molecule has 2 rings (SSSR count). The van der Waals surface area contributed by atoms with Crippen molar-refractivity contribution in [3.8, 4) is 0 Å². The van der Waals surface area contributed by atoms with Gasteiger partial charge in [0.25, 0.3) is 5.56 Å². The Kier molecular flexibility index (Phi) is 7.15. The van der Waals surface area contributed by atoms with Crippen molar-refractivity contribution in [1.82, 2.24) is 15.2 Å². The molecule has 0 unspecified atom stereocenters. The molecule has 0 fully saturated rings. The summed E-state index contributed by atoms with van der Waals surface area (Å²) in [4.78, 5) is 37.8. The molecule has 0 aliphatic rings. The number of thioether (sulfide) groups is 1. The van der Waals surface area contributed by atoms with E-state index in [1.54, 1.807) is 24.3 Å². The molecule has 1 aromatic carbocycles. The van der Waals surface area contributed by atoms with E-state index < -0.39 is 11.5 Å². The third-order valence-corrected chi connectivity index (χ3v) is 3.91. The third-order valence-electron chi connectivity index (χ3n) is 3.05. The highest BCUT2D eigenvalue weighted by Gasteiger charge is 2.14. The molecule has 1 heterocycles. The highest BCUT2D eigenvalue weighted by molar-refractivity contribution is 7.99. The largest absolute Gasteiger partial charge is 0.462 e. The van der Waals surface area contributed by atoms with Crippen molar-refractivity contribution in [3.63, 3.8) is 0 Å². The Balaban J connectivity index is 1.96. The number of rotatable bonds is 8. The highest BCUT2D eigenvalue weighted by Crippen LogP contribution is 2.18. The van der Waals surface area contributed by atoms with Crippen molar-refractivity contribution < 1.29 is 14.3 Å². The van der Waals surface area contributed by atoms with Gasteiger partial charge < -0.3 is 10.1 Å². The first-order valence-corrected chi connectivity index (χ1v) is 8.69. The van der Waals surface area contributed by atoms with Crippen molar-refractivity contribution in [2.75, 3.05) is 17.7 Å². The average molecular weight is 362 g/mol. The molecule has 0 aliphatic heterocycles. The summed E-state index contributed by atoms with van der Waals surface area (Å²) in [5.41, 5.74) is 0.283. The SMILES string of the molecule is CCCCOC(=O)c1ccccc1NC(=O)CSc1nncc(=O)[nH]1. The summed E-state index contributed by atoms with van der Waals surface area (Å²) in [6.45, 7) is 2.34. The lowest BCUT2D eigenvalue weighted by Crippen LogP contribution is -2.18. The molecule has 25 heavy (non-hydrogen) atoms.